The van der Waals surface area contributed by atoms with Crippen LogP contribution < -0.4 is 10.2 Å². The van der Waals surface area contributed by atoms with E-state index in [1.54, 1.807) is 7.11 Å². The quantitative estimate of drug-likeness (QED) is 0.898. The number of anilines is 1. The van der Waals surface area contributed by atoms with E-state index in [0.717, 1.165) is 44.0 Å². The van der Waals surface area contributed by atoms with E-state index in [4.69, 9.17) is 16.3 Å². The highest BCUT2D eigenvalue weighted by Gasteiger charge is 2.20. The van der Waals surface area contributed by atoms with E-state index in [2.05, 4.69) is 29.3 Å². The predicted octanol–water partition coefficient (Wildman–Crippen LogP) is 3.06. The zero-order valence-electron chi connectivity index (χ0n) is 11.8. The van der Waals surface area contributed by atoms with Crippen molar-refractivity contribution in [2.24, 2.45) is 0 Å². The van der Waals surface area contributed by atoms with E-state index in [0.29, 0.717) is 6.10 Å². The molecule has 1 aromatic carbocycles. The third-order valence-electron chi connectivity index (χ3n) is 3.72. The molecule has 0 unspecified atom stereocenters. The number of nitrogens with one attached hydrogen (secondary N) is 1. The molecule has 4 heteroatoms. The Morgan fingerprint density at radius 1 is 1.37 bits per heavy atom. The summed E-state index contributed by atoms with van der Waals surface area (Å²) in [7, 11) is 1.80. The number of halogens is 1. The van der Waals surface area contributed by atoms with Crippen molar-refractivity contribution in [1.29, 1.82) is 0 Å². The van der Waals surface area contributed by atoms with E-state index in [1.165, 1.54) is 11.3 Å². The van der Waals surface area contributed by atoms with Crippen LogP contribution in [0.1, 0.15) is 25.3 Å². The minimum Gasteiger partial charge on any atom is -0.381 e. The van der Waals surface area contributed by atoms with Crippen molar-refractivity contribution < 1.29 is 4.74 Å². The molecular weight excluding hydrogens is 260 g/mol. The van der Waals surface area contributed by atoms with Crippen LogP contribution in [-0.2, 0) is 11.3 Å². The van der Waals surface area contributed by atoms with Crippen molar-refractivity contribution in [2.45, 2.75) is 32.4 Å². The summed E-state index contributed by atoms with van der Waals surface area (Å²) in [6.07, 6.45) is 2.61. The molecule has 0 aliphatic carbocycles. The second kappa shape index (κ2) is 7.13. The highest BCUT2D eigenvalue weighted by atomic mass is 35.5. The SMILES string of the molecule is CCNCc1cc(Cl)ccc1N1CCC(OC)CC1. The molecule has 0 amide bonds. The van der Waals surface area contributed by atoms with Crippen LogP contribution in [0.15, 0.2) is 18.2 Å². The number of methoxy groups -OCH3 is 1. The van der Waals surface area contributed by atoms with Gasteiger partial charge >= 0.3 is 0 Å². The van der Waals surface area contributed by atoms with Crippen LogP contribution in [-0.4, -0.2) is 32.8 Å². The van der Waals surface area contributed by atoms with Gasteiger partial charge in [-0.15, -0.1) is 0 Å². The van der Waals surface area contributed by atoms with Gasteiger partial charge in [0.15, 0.2) is 0 Å². The summed E-state index contributed by atoms with van der Waals surface area (Å²) in [6.45, 7) is 6.07. The average Bonchev–Trinajstić information content (AvgIpc) is 2.45. The highest BCUT2D eigenvalue weighted by molar-refractivity contribution is 6.30. The molecule has 0 saturated carbocycles. The van der Waals surface area contributed by atoms with Gasteiger partial charge in [-0.3, -0.25) is 0 Å². The van der Waals surface area contributed by atoms with Crippen LogP contribution in [0.2, 0.25) is 5.02 Å². The molecule has 1 heterocycles. The normalized spacial score (nSPS) is 16.9. The first-order chi connectivity index (χ1) is 9.24. The van der Waals surface area contributed by atoms with Gasteiger partial charge in [-0.1, -0.05) is 18.5 Å². The maximum Gasteiger partial charge on any atom is 0.0605 e. The number of benzene rings is 1. The van der Waals surface area contributed by atoms with E-state index in [1.807, 2.05) is 6.07 Å². The molecular formula is C15H23ClN2O. The second-order valence-corrected chi connectivity index (χ2v) is 5.41. The Morgan fingerprint density at radius 3 is 2.74 bits per heavy atom. The molecule has 0 spiro atoms. The molecule has 1 N–H and O–H groups in total. The molecule has 3 nitrogen and oxygen atoms in total. The van der Waals surface area contributed by atoms with Gasteiger partial charge in [-0.05, 0) is 43.1 Å². The van der Waals surface area contributed by atoms with Gasteiger partial charge in [0.2, 0.25) is 0 Å². The van der Waals surface area contributed by atoms with Crippen molar-refractivity contribution in [2.75, 3.05) is 31.6 Å². The number of rotatable bonds is 5. The van der Waals surface area contributed by atoms with E-state index >= 15 is 0 Å². The first-order valence-electron chi connectivity index (χ1n) is 7.01. The maximum absolute atomic E-state index is 6.11. The predicted molar refractivity (Wildman–Crippen MR) is 81.1 cm³/mol. The van der Waals surface area contributed by atoms with Crippen LogP contribution in [0.3, 0.4) is 0 Å². The van der Waals surface area contributed by atoms with Crippen LogP contribution >= 0.6 is 11.6 Å². The Kier molecular flexibility index (Phi) is 5.49. The van der Waals surface area contributed by atoms with E-state index in [-0.39, 0.29) is 0 Å². The fraction of sp³-hybridized carbons (Fsp3) is 0.600. The molecule has 1 aliphatic rings. The van der Waals surface area contributed by atoms with Gasteiger partial charge in [0.1, 0.15) is 0 Å². The lowest BCUT2D eigenvalue weighted by molar-refractivity contribution is 0.0819. The molecule has 106 valence electrons. The lowest BCUT2D eigenvalue weighted by Gasteiger charge is -2.34. The Balaban J connectivity index is 2.10. The fourth-order valence-electron chi connectivity index (χ4n) is 2.60. The number of piperidine rings is 1. The van der Waals surface area contributed by atoms with Crippen LogP contribution in [0.25, 0.3) is 0 Å². The molecule has 1 fully saturated rings. The van der Waals surface area contributed by atoms with Gasteiger partial charge < -0.3 is 15.0 Å². The van der Waals surface area contributed by atoms with Gasteiger partial charge in [-0.2, -0.15) is 0 Å². The van der Waals surface area contributed by atoms with Crippen molar-refractivity contribution in [1.82, 2.24) is 5.32 Å². The van der Waals surface area contributed by atoms with Crippen molar-refractivity contribution in [3.63, 3.8) is 0 Å². The first kappa shape index (κ1) is 14.6. The van der Waals surface area contributed by atoms with Gasteiger partial charge in [0.25, 0.3) is 0 Å². The summed E-state index contributed by atoms with van der Waals surface area (Å²) < 4.78 is 5.43. The first-order valence-corrected chi connectivity index (χ1v) is 7.39. The summed E-state index contributed by atoms with van der Waals surface area (Å²) >= 11 is 6.11. The van der Waals surface area contributed by atoms with Gasteiger partial charge in [0.05, 0.1) is 6.10 Å². The van der Waals surface area contributed by atoms with E-state index in [9.17, 15) is 0 Å². The lowest BCUT2D eigenvalue weighted by Crippen LogP contribution is -2.37. The molecule has 0 bridgehead atoms. The zero-order valence-corrected chi connectivity index (χ0v) is 12.5. The maximum atomic E-state index is 6.11. The highest BCUT2D eigenvalue weighted by Crippen LogP contribution is 2.27. The smallest absolute Gasteiger partial charge is 0.0605 e. The molecule has 1 aromatic rings. The van der Waals surface area contributed by atoms with Gasteiger partial charge in [-0.25, -0.2) is 0 Å². The van der Waals surface area contributed by atoms with Crippen LogP contribution in [0.4, 0.5) is 5.69 Å². The number of nitrogens with zero attached hydrogens (tertiary/aromatic N) is 1. The molecule has 1 saturated heterocycles. The molecule has 0 atom stereocenters. The lowest BCUT2D eigenvalue weighted by atomic mass is 10.0. The monoisotopic (exact) mass is 282 g/mol. The van der Waals surface area contributed by atoms with Crippen molar-refractivity contribution in [3.8, 4) is 0 Å². The molecule has 0 radical (unpaired) electrons. The average molecular weight is 283 g/mol. The van der Waals surface area contributed by atoms with Gasteiger partial charge in [0, 0.05) is 37.5 Å². The summed E-state index contributed by atoms with van der Waals surface area (Å²) in [5, 5.41) is 4.19. The topological polar surface area (TPSA) is 24.5 Å². The minimum absolute atomic E-state index is 0.417. The Labute approximate surface area is 120 Å². The van der Waals surface area contributed by atoms with Crippen molar-refractivity contribution >= 4 is 17.3 Å². The number of ether oxygens (including phenoxy) is 1. The molecule has 2 rings (SSSR count). The summed E-state index contributed by atoms with van der Waals surface area (Å²) in [5.41, 5.74) is 2.59. The fourth-order valence-corrected chi connectivity index (χ4v) is 2.79. The van der Waals surface area contributed by atoms with E-state index < -0.39 is 0 Å². The van der Waals surface area contributed by atoms with Crippen LogP contribution in [0.5, 0.6) is 0 Å². The molecule has 1 aliphatic heterocycles. The Morgan fingerprint density at radius 2 is 2.11 bits per heavy atom. The summed E-state index contributed by atoms with van der Waals surface area (Å²) in [6, 6.07) is 6.19. The zero-order chi connectivity index (χ0) is 13.7. The second-order valence-electron chi connectivity index (χ2n) is 4.98. The standard InChI is InChI=1S/C15H23ClN2O/c1-3-17-11-12-10-13(16)4-5-15(12)18-8-6-14(19-2)7-9-18/h4-5,10,14,17H,3,6-9,11H2,1-2H3. The third-order valence-corrected chi connectivity index (χ3v) is 3.96. The Hall–Kier alpha value is -0.770. The number of hydrogen-bond acceptors (Lipinski definition) is 3. The molecule has 19 heavy (non-hydrogen) atoms. The minimum atomic E-state index is 0.417. The van der Waals surface area contributed by atoms with Crippen molar-refractivity contribution in [3.05, 3.63) is 28.8 Å². The summed E-state index contributed by atoms with van der Waals surface area (Å²) in [5.74, 6) is 0. The Bertz CT molecular complexity index is 403. The molecule has 0 aromatic heterocycles. The summed E-state index contributed by atoms with van der Waals surface area (Å²) in [4.78, 5) is 2.44. The number of hydrogen-bond donors (Lipinski definition) is 1. The van der Waals surface area contributed by atoms with Crippen LogP contribution in [0, 0.1) is 0 Å². The largest absolute Gasteiger partial charge is 0.381 e. The third kappa shape index (κ3) is 3.85.